The van der Waals surface area contributed by atoms with Gasteiger partial charge >= 0.3 is 0 Å². The highest BCUT2D eigenvalue weighted by Gasteiger charge is 2.13. The summed E-state index contributed by atoms with van der Waals surface area (Å²) in [7, 11) is 0. The van der Waals surface area contributed by atoms with Gasteiger partial charge < -0.3 is 10.1 Å². The molecular formula is C13H18FNO. The van der Waals surface area contributed by atoms with Crippen LogP contribution in [-0.4, -0.2) is 19.2 Å². The summed E-state index contributed by atoms with van der Waals surface area (Å²) >= 11 is 0. The van der Waals surface area contributed by atoms with Crippen LogP contribution in [0.1, 0.15) is 24.8 Å². The molecule has 1 aliphatic heterocycles. The number of ether oxygens (including phenoxy) is 1. The van der Waals surface area contributed by atoms with E-state index in [2.05, 4.69) is 5.32 Å². The molecule has 0 spiro atoms. The number of rotatable bonds is 3. The first kappa shape index (κ1) is 11.4. The van der Waals surface area contributed by atoms with Gasteiger partial charge in [0.15, 0.2) is 11.6 Å². The van der Waals surface area contributed by atoms with Gasteiger partial charge in [-0.2, -0.15) is 0 Å². The normalized spacial score (nSPS) is 20.8. The number of hydrogen-bond donors (Lipinski definition) is 1. The van der Waals surface area contributed by atoms with E-state index in [1.165, 1.54) is 18.9 Å². The van der Waals surface area contributed by atoms with Gasteiger partial charge in [0.2, 0.25) is 0 Å². The Kier molecular flexibility index (Phi) is 3.78. The number of aryl methyl sites for hydroxylation is 1. The van der Waals surface area contributed by atoms with Crippen LogP contribution in [0, 0.1) is 12.7 Å². The zero-order valence-corrected chi connectivity index (χ0v) is 9.63. The minimum absolute atomic E-state index is 0.268. The Labute approximate surface area is 95.8 Å². The van der Waals surface area contributed by atoms with E-state index in [0.717, 1.165) is 18.5 Å². The van der Waals surface area contributed by atoms with Crippen LogP contribution in [0.15, 0.2) is 18.2 Å². The third-order valence-electron chi connectivity index (χ3n) is 2.94. The highest BCUT2D eigenvalue weighted by Crippen LogP contribution is 2.18. The smallest absolute Gasteiger partial charge is 0.165 e. The largest absolute Gasteiger partial charge is 0.489 e. The van der Waals surface area contributed by atoms with E-state index in [9.17, 15) is 4.39 Å². The van der Waals surface area contributed by atoms with Gasteiger partial charge in [-0.05, 0) is 44.0 Å². The summed E-state index contributed by atoms with van der Waals surface area (Å²) in [5.41, 5.74) is 0.917. The van der Waals surface area contributed by atoms with Gasteiger partial charge in [-0.1, -0.05) is 12.5 Å². The summed E-state index contributed by atoms with van der Waals surface area (Å²) in [6, 6.07) is 5.44. The van der Waals surface area contributed by atoms with Crippen molar-refractivity contribution in [2.75, 3.05) is 13.2 Å². The predicted molar refractivity (Wildman–Crippen MR) is 62.3 cm³/mol. The molecule has 1 fully saturated rings. The molecular weight excluding hydrogens is 205 g/mol. The predicted octanol–water partition coefficient (Wildman–Crippen LogP) is 2.66. The third-order valence-corrected chi connectivity index (χ3v) is 2.94. The van der Waals surface area contributed by atoms with Crippen LogP contribution in [-0.2, 0) is 0 Å². The molecule has 1 heterocycles. The summed E-state index contributed by atoms with van der Waals surface area (Å²) in [6.45, 7) is 3.47. The average Bonchev–Trinajstić information content (AvgIpc) is 2.29. The Hall–Kier alpha value is -1.09. The lowest BCUT2D eigenvalue weighted by Crippen LogP contribution is -2.38. The average molecular weight is 223 g/mol. The maximum atomic E-state index is 13.5. The van der Waals surface area contributed by atoms with Gasteiger partial charge in [-0.25, -0.2) is 4.39 Å². The summed E-state index contributed by atoms with van der Waals surface area (Å²) in [5.74, 6) is 0.0915. The number of piperidine rings is 1. The SMILES string of the molecule is Cc1ccc(OCC2CCCCN2)c(F)c1. The fraction of sp³-hybridized carbons (Fsp3) is 0.538. The lowest BCUT2D eigenvalue weighted by atomic mass is 10.1. The summed E-state index contributed by atoms with van der Waals surface area (Å²) in [4.78, 5) is 0. The van der Waals surface area contributed by atoms with E-state index in [0.29, 0.717) is 18.4 Å². The molecule has 0 radical (unpaired) electrons. The molecule has 1 saturated heterocycles. The molecule has 0 aliphatic carbocycles. The molecule has 1 unspecified atom stereocenters. The Morgan fingerprint density at radius 1 is 1.44 bits per heavy atom. The second-order valence-electron chi connectivity index (χ2n) is 4.39. The van der Waals surface area contributed by atoms with Gasteiger partial charge in [0.1, 0.15) is 6.61 Å². The number of nitrogens with one attached hydrogen (secondary N) is 1. The minimum atomic E-state index is -0.268. The fourth-order valence-electron chi connectivity index (χ4n) is 1.98. The summed E-state index contributed by atoms with van der Waals surface area (Å²) in [5, 5.41) is 3.37. The van der Waals surface area contributed by atoms with Gasteiger partial charge in [0.25, 0.3) is 0 Å². The highest BCUT2D eigenvalue weighted by atomic mass is 19.1. The quantitative estimate of drug-likeness (QED) is 0.850. The van der Waals surface area contributed by atoms with Crippen molar-refractivity contribution in [1.29, 1.82) is 0 Å². The maximum Gasteiger partial charge on any atom is 0.165 e. The lowest BCUT2D eigenvalue weighted by molar-refractivity contribution is 0.231. The van der Waals surface area contributed by atoms with Gasteiger partial charge in [-0.15, -0.1) is 0 Å². The number of benzene rings is 1. The molecule has 1 aliphatic rings. The molecule has 1 atom stereocenters. The van der Waals surface area contributed by atoms with Crippen molar-refractivity contribution in [2.24, 2.45) is 0 Å². The van der Waals surface area contributed by atoms with E-state index in [-0.39, 0.29) is 5.82 Å². The molecule has 16 heavy (non-hydrogen) atoms. The first-order valence-electron chi connectivity index (χ1n) is 5.88. The van der Waals surface area contributed by atoms with Crippen LogP contribution >= 0.6 is 0 Å². The van der Waals surface area contributed by atoms with Crippen LogP contribution in [0.3, 0.4) is 0 Å². The first-order chi connectivity index (χ1) is 7.75. The molecule has 3 heteroatoms. The summed E-state index contributed by atoms with van der Waals surface area (Å²) in [6.07, 6.45) is 3.58. The minimum Gasteiger partial charge on any atom is -0.489 e. The zero-order chi connectivity index (χ0) is 11.4. The maximum absolute atomic E-state index is 13.5. The van der Waals surface area contributed by atoms with Gasteiger partial charge in [0, 0.05) is 6.04 Å². The Morgan fingerprint density at radius 2 is 2.31 bits per heavy atom. The molecule has 2 rings (SSSR count). The van der Waals surface area contributed by atoms with Gasteiger partial charge in [-0.3, -0.25) is 0 Å². The Bertz CT molecular complexity index is 348. The van der Waals surface area contributed by atoms with Crippen LogP contribution in [0.2, 0.25) is 0 Å². The number of halogens is 1. The molecule has 1 aromatic rings. The molecule has 2 nitrogen and oxygen atoms in total. The molecule has 0 amide bonds. The second kappa shape index (κ2) is 5.30. The molecule has 88 valence electrons. The molecule has 0 aromatic heterocycles. The van der Waals surface area contributed by atoms with Crippen molar-refractivity contribution in [3.8, 4) is 5.75 Å². The monoisotopic (exact) mass is 223 g/mol. The van der Waals surface area contributed by atoms with Crippen LogP contribution in [0.5, 0.6) is 5.75 Å². The van der Waals surface area contributed by atoms with Crippen LogP contribution in [0.25, 0.3) is 0 Å². The van der Waals surface area contributed by atoms with Gasteiger partial charge in [0.05, 0.1) is 0 Å². The third kappa shape index (κ3) is 2.95. The lowest BCUT2D eigenvalue weighted by Gasteiger charge is -2.23. The number of hydrogen-bond acceptors (Lipinski definition) is 2. The van der Waals surface area contributed by atoms with Crippen molar-refractivity contribution in [2.45, 2.75) is 32.2 Å². The Morgan fingerprint density at radius 3 is 3.00 bits per heavy atom. The standard InChI is InChI=1S/C13H18FNO/c1-10-5-6-13(12(14)8-10)16-9-11-4-2-3-7-15-11/h5-6,8,11,15H,2-4,7,9H2,1H3. The zero-order valence-electron chi connectivity index (χ0n) is 9.63. The first-order valence-corrected chi connectivity index (χ1v) is 5.88. The molecule has 1 N–H and O–H groups in total. The van der Waals surface area contributed by atoms with E-state index in [1.807, 2.05) is 13.0 Å². The topological polar surface area (TPSA) is 21.3 Å². The fourth-order valence-corrected chi connectivity index (χ4v) is 1.98. The van der Waals surface area contributed by atoms with E-state index in [1.54, 1.807) is 6.07 Å². The van der Waals surface area contributed by atoms with E-state index in [4.69, 9.17) is 4.74 Å². The van der Waals surface area contributed by atoms with Crippen molar-refractivity contribution in [3.05, 3.63) is 29.6 Å². The Balaban J connectivity index is 1.88. The van der Waals surface area contributed by atoms with Crippen molar-refractivity contribution >= 4 is 0 Å². The van der Waals surface area contributed by atoms with Crippen molar-refractivity contribution in [1.82, 2.24) is 5.32 Å². The van der Waals surface area contributed by atoms with E-state index < -0.39 is 0 Å². The van der Waals surface area contributed by atoms with Crippen LogP contribution < -0.4 is 10.1 Å². The molecule has 1 aromatic carbocycles. The van der Waals surface area contributed by atoms with Crippen LogP contribution in [0.4, 0.5) is 4.39 Å². The highest BCUT2D eigenvalue weighted by molar-refractivity contribution is 5.28. The second-order valence-corrected chi connectivity index (χ2v) is 4.39. The van der Waals surface area contributed by atoms with Crippen molar-refractivity contribution in [3.63, 3.8) is 0 Å². The van der Waals surface area contributed by atoms with Crippen molar-refractivity contribution < 1.29 is 9.13 Å². The summed E-state index contributed by atoms with van der Waals surface area (Å²) < 4.78 is 19.0. The van der Waals surface area contributed by atoms with E-state index >= 15 is 0 Å². The molecule has 0 saturated carbocycles. The molecule has 0 bridgehead atoms.